The number of nitrogens with zero attached hydrogens (tertiary/aromatic N) is 2. The maximum atomic E-state index is 11.4. The first kappa shape index (κ1) is 14.8. The first-order chi connectivity index (χ1) is 10.1. The van der Waals surface area contributed by atoms with Gasteiger partial charge in [-0.15, -0.1) is 0 Å². The van der Waals surface area contributed by atoms with Crippen LogP contribution in [-0.2, 0) is 16.1 Å². The summed E-state index contributed by atoms with van der Waals surface area (Å²) in [4.78, 5) is 26.7. The maximum Gasteiger partial charge on any atom is 0.313 e. The number of para-hydroxylation sites is 1. The molecule has 2 amide bonds. The molecule has 0 unspecified atom stereocenters. The fraction of sp³-hybridized carbons (Fsp3) is 0.357. The van der Waals surface area contributed by atoms with Gasteiger partial charge in [0.25, 0.3) is 6.01 Å². The van der Waals surface area contributed by atoms with E-state index in [1.807, 2.05) is 10.6 Å². The third-order valence-corrected chi connectivity index (χ3v) is 3.13. The van der Waals surface area contributed by atoms with E-state index in [4.69, 9.17) is 10.5 Å². The van der Waals surface area contributed by atoms with Crippen LogP contribution < -0.4 is 15.8 Å². The molecule has 0 aliphatic rings. The van der Waals surface area contributed by atoms with Crippen LogP contribution in [0, 0.1) is 0 Å². The molecule has 1 heterocycles. The van der Waals surface area contributed by atoms with E-state index in [2.05, 4.69) is 17.2 Å². The second kappa shape index (κ2) is 6.25. The van der Waals surface area contributed by atoms with E-state index in [0.29, 0.717) is 17.2 Å². The Morgan fingerprint density at radius 2 is 2.19 bits per heavy atom. The number of carbonyl (C=O) groups is 2. The predicted molar refractivity (Wildman–Crippen MR) is 79.0 cm³/mol. The molecule has 7 nitrogen and oxygen atoms in total. The Labute approximate surface area is 122 Å². The van der Waals surface area contributed by atoms with Crippen molar-refractivity contribution in [3.8, 4) is 6.01 Å². The largest absolute Gasteiger partial charge is 0.468 e. The number of nitrogens with two attached hydrogens (primary N) is 1. The highest BCUT2D eigenvalue weighted by molar-refractivity contribution is 6.39. The summed E-state index contributed by atoms with van der Waals surface area (Å²) in [7, 11) is 1.55. The molecule has 0 fully saturated rings. The van der Waals surface area contributed by atoms with Crippen molar-refractivity contribution >= 4 is 28.5 Å². The van der Waals surface area contributed by atoms with Crippen LogP contribution in [0.15, 0.2) is 18.2 Å². The smallest absolute Gasteiger partial charge is 0.313 e. The molecule has 1 aromatic carbocycles. The van der Waals surface area contributed by atoms with Crippen molar-refractivity contribution in [3.63, 3.8) is 0 Å². The number of hydrogen-bond acceptors (Lipinski definition) is 4. The number of imidazole rings is 1. The minimum atomic E-state index is -1.04. The van der Waals surface area contributed by atoms with Crippen LogP contribution >= 0.6 is 0 Å². The SMILES string of the molecule is CCCCn1c(OC)nc2c(NC(=O)C(N)=O)cccc21. The summed E-state index contributed by atoms with van der Waals surface area (Å²) in [5.74, 6) is -1.91. The van der Waals surface area contributed by atoms with Gasteiger partial charge in [-0.25, -0.2) is 0 Å². The van der Waals surface area contributed by atoms with E-state index in [1.165, 1.54) is 0 Å². The van der Waals surface area contributed by atoms with E-state index in [-0.39, 0.29) is 0 Å². The molecule has 0 saturated heterocycles. The lowest BCUT2D eigenvalue weighted by Crippen LogP contribution is -2.29. The average molecular weight is 290 g/mol. The summed E-state index contributed by atoms with van der Waals surface area (Å²) in [6, 6.07) is 5.81. The molecular formula is C14H18N4O3. The number of rotatable bonds is 5. The van der Waals surface area contributed by atoms with Crippen molar-refractivity contribution in [1.82, 2.24) is 9.55 Å². The van der Waals surface area contributed by atoms with Gasteiger partial charge in [0.15, 0.2) is 0 Å². The number of unbranched alkanes of at least 4 members (excludes halogenated alkanes) is 1. The number of benzene rings is 1. The van der Waals surface area contributed by atoms with Crippen molar-refractivity contribution in [2.75, 3.05) is 12.4 Å². The van der Waals surface area contributed by atoms with Crippen LogP contribution in [0.5, 0.6) is 6.01 Å². The third kappa shape index (κ3) is 2.96. The van der Waals surface area contributed by atoms with Crippen LogP contribution in [0.2, 0.25) is 0 Å². The molecule has 1 aromatic heterocycles. The van der Waals surface area contributed by atoms with Crippen molar-refractivity contribution in [2.24, 2.45) is 5.73 Å². The summed E-state index contributed by atoms with van der Waals surface area (Å²) < 4.78 is 7.23. The zero-order valence-corrected chi connectivity index (χ0v) is 12.0. The summed E-state index contributed by atoms with van der Waals surface area (Å²) in [5, 5.41) is 2.46. The molecular weight excluding hydrogens is 272 g/mol. The third-order valence-electron chi connectivity index (χ3n) is 3.13. The number of nitrogens with one attached hydrogen (secondary N) is 1. The van der Waals surface area contributed by atoms with E-state index < -0.39 is 11.8 Å². The average Bonchev–Trinajstić information content (AvgIpc) is 2.83. The molecule has 3 N–H and O–H groups in total. The lowest BCUT2D eigenvalue weighted by Gasteiger charge is -2.07. The second-order valence-corrected chi connectivity index (χ2v) is 4.60. The summed E-state index contributed by atoms with van der Waals surface area (Å²) in [6.45, 7) is 2.87. The highest BCUT2D eigenvalue weighted by Crippen LogP contribution is 2.27. The number of primary amides is 1. The molecule has 2 rings (SSSR count). The fourth-order valence-electron chi connectivity index (χ4n) is 2.10. The number of ether oxygens (including phenoxy) is 1. The van der Waals surface area contributed by atoms with E-state index >= 15 is 0 Å². The van der Waals surface area contributed by atoms with Crippen molar-refractivity contribution in [1.29, 1.82) is 0 Å². The molecule has 0 atom stereocenters. The van der Waals surface area contributed by atoms with Gasteiger partial charge in [0.2, 0.25) is 0 Å². The summed E-state index contributed by atoms with van der Waals surface area (Å²) in [6.07, 6.45) is 2.03. The van der Waals surface area contributed by atoms with Gasteiger partial charge in [-0.1, -0.05) is 19.4 Å². The van der Waals surface area contributed by atoms with E-state index in [0.717, 1.165) is 24.9 Å². The maximum absolute atomic E-state index is 11.4. The Morgan fingerprint density at radius 3 is 2.81 bits per heavy atom. The number of anilines is 1. The van der Waals surface area contributed by atoms with Gasteiger partial charge >= 0.3 is 11.8 Å². The zero-order valence-electron chi connectivity index (χ0n) is 12.0. The van der Waals surface area contributed by atoms with Gasteiger partial charge < -0.3 is 15.8 Å². The fourth-order valence-corrected chi connectivity index (χ4v) is 2.10. The van der Waals surface area contributed by atoms with Crippen LogP contribution in [0.1, 0.15) is 19.8 Å². The number of methoxy groups -OCH3 is 1. The van der Waals surface area contributed by atoms with E-state index in [1.54, 1.807) is 19.2 Å². The van der Waals surface area contributed by atoms with Gasteiger partial charge in [0, 0.05) is 6.54 Å². The van der Waals surface area contributed by atoms with Gasteiger partial charge in [0.05, 0.1) is 18.3 Å². The Morgan fingerprint density at radius 1 is 1.43 bits per heavy atom. The van der Waals surface area contributed by atoms with Crippen molar-refractivity contribution in [2.45, 2.75) is 26.3 Å². The van der Waals surface area contributed by atoms with Crippen molar-refractivity contribution < 1.29 is 14.3 Å². The zero-order chi connectivity index (χ0) is 15.4. The number of aromatic nitrogens is 2. The van der Waals surface area contributed by atoms with E-state index in [9.17, 15) is 9.59 Å². The second-order valence-electron chi connectivity index (χ2n) is 4.60. The predicted octanol–water partition coefficient (Wildman–Crippen LogP) is 1.27. The van der Waals surface area contributed by atoms with Crippen LogP contribution in [0.25, 0.3) is 11.0 Å². The number of aryl methyl sites for hydroxylation is 1. The van der Waals surface area contributed by atoms with Crippen LogP contribution in [-0.4, -0.2) is 28.5 Å². The Kier molecular flexibility index (Phi) is 4.42. The first-order valence-electron chi connectivity index (χ1n) is 6.72. The molecule has 112 valence electrons. The lowest BCUT2D eigenvalue weighted by atomic mass is 10.2. The van der Waals surface area contributed by atoms with Gasteiger partial charge in [0.1, 0.15) is 5.52 Å². The molecule has 0 aliphatic carbocycles. The molecule has 21 heavy (non-hydrogen) atoms. The van der Waals surface area contributed by atoms with Crippen LogP contribution in [0.3, 0.4) is 0 Å². The highest BCUT2D eigenvalue weighted by atomic mass is 16.5. The molecule has 0 saturated carbocycles. The lowest BCUT2D eigenvalue weighted by molar-refractivity contribution is -0.134. The molecule has 0 spiro atoms. The van der Waals surface area contributed by atoms with Gasteiger partial charge in [-0.05, 0) is 18.6 Å². The molecule has 0 bridgehead atoms. The highest BCUT2D eigenvalue weighted by Gasteiger charge is 2.16. The summed E-state index contributed by atoms with van der Waals surface area (Å²) >= 11 is 0. The topological polar surface area (TPSA) is 99.2 Å². The molecule has 7 heteroatoms. The Balaban J connectivity index is 2.47. The summed E-state index contributed by atoms with van der Waals surface area (Å²) in [5.41, 5.74) is 6.79. The first-order valence-corrected chi connectivity index (χ1v) is 6.72. The van der Waals surface area contributed by atoms with Crippen molar-refractivity contribution in [3.05, 3.63) is 18.2 Å². The number of fused-ring (bicyclic) bond motifs is 1. The minimum Gasteiger partial charge on any atom is -0.468 e. The molecule has 0 aliphatic heterocycles. The number of hydrogen-bond donors (Lipinski definition) is 2. The van der Waals surface area contributed by atoms with Gasteiger partial charge in [-0.3, -0.25) is 14.2 Å². The number of amides is 2. The monoisotopic (exact) mass is 290 g/mol. The normalized spacial score (nSPS) is 10.6. The van der Waals surface area contributed by atoms with Crippen LogP contribution in [0.4, 0.5) is 5.69 Å². The number of carbonyl (C=O) groups excluding carboxylic acids is 2. The van der Waals surface area contributed by atoms with Gasteiger partial charge in [-0.2, -0.15) is 4.98 Å². The quantitative estimate of drug-likeness (QED) is 0.810. The minimum absolute atomic E-state index is 0.435. The standard InChI is InChI=1S/C14H18N4O3/c1-3-4-8-18-10-7-5-6-9(16-13(20)12(15)19)11(10)17-14(18)21-2/h5-7H,3-4,8H2,1-2H3,(H2,15,19)(H,16,20). The Bertz CT molecular complexity index is 678. The molecule has 0 radical (unpaired) electrons. The Hall–Kier alpha value is -2.57. The molecule has 2 aromatic rings.